The molecule has 3 nitrogen and oxygen atoms in total. The van der Waals surface area contributed by atoms with Crippen LogP contribution in [0, 0.1) is 0 Å². The number of hydrogen-bond donors (Lipinski definition) is 1. The molecular formula is C12H8ClF3N2O. The fourth-order valence-electron chi connectivity index (χ4n) is 1.42. The van der Waals surface area contributed by atoms with E-state index in [2.05, 4.69) is 15.0 Å². The van der Waals surface area contributed by atoms with Crippen molar-refractivity contribution in [3.05, 3.63) is 47.7 Å². The quantitative estimate of drug-likeness (QED) is 0.851. The lowest BCUT2D eigenvalue weighted by molar-refractivity contribution is -0.274. The highest BCUT2D eigenvalue weighted by Gasteiger charge is 2.32. The molecule has 100 valence electrons. The van der Waals surface area contributed by atoms with Gasteiger partial charge in [-0.3, -0.25) is 0 Å². The normalized spacial score (nSPS) is 11.2. The van der Waals surface area contributed by atoms with E-state index in [0.29, 0.717) is 5.69 Å². The summed E-state index contributed by atoms with van der Waals surface area (Å²) in [5.41, 5.74) is 0.695. The van der Waals surface area contributed by atoms with Gasteiger partial charge in [0.25, 0.3) is 0 Å². The van der Waals surface area contributed by atoms with Crippen molar-refractivity contribution in [3.8, 4) is 5.75 Å². The molecule has 1 heterocycles. The Kier molecular flexibility index (Phi) is 3.80. The molecular weight excluding hydrogens is 281 g/mol. The van der Waals surface area contributed by atoms with E-state index < -0.39 is 6.36 Å². The minimum atomic E-state index is -4.74. The lowest BCUT2D eigenvalue weighted by atomic mass is 10.2. The third kappa shape index (κ3) is 4.03. The van der Waals surface area contributed by atoms with Crippen LogP contribution < -0.4 is 10.1 Å². The Morgan fingerprint density at radius 3 is 2.58 bits per heavy atom. The summed E-state index contributed by atoms with van der Waals surface area (Å²) in [6.45, 7) is 0. The first-order chi connectivity index (χ1) is 8.94. The largest absolute Gasteiger partial charge is 0.573 e. The maximum absolute atomic E-state index is 12.2. The number of ether oxygens (including phenoxy) is 1. The molecule has 0 aliphatic heterocycles. The molecule has 19 heavy (non-hydrogen) atoms. The van der Waals surface area contributed by atoms with Crippen molar-refractivity contribution in [2.45, 2.75) is 6.36 Å². The number of alkyl halides is 3. The number of hydrogen-bond acceptors (Lipinski definition) is 3. The first-order valence-corrected chi connectivity index (χ1v) is 5.55. The molecule has 0 aliphatic rings. The summed E-state index contributed by atoms with van der Waals surface area (Å²) in [7, 11) is 0. The van der Waals surface area contributed by atoms with Gasteiger partial charge in [0.2, 0.25) is 0 Å². The molecule has 7 heteroatoms. The van der Waals surface area contributed by atoms with E-state index in [0.717, 1.165) is 0 Å². The highest BCUT2D eigenvalue weighted by molar-refractivity contribution is 6.29. The van der Waals surface area contributed by atoms with Crippen LogP contribution in [0.2, 0.25) is 5.15 Å². The van der Waals surface area contributed by atoms with E-state index in [4.69, 9.17) is 11.6 Å². The molecule has 0 unspecified atom stereocenters. The number of para-hydroxylation sites is 2. The Hall–Kier alpha value is -1.95. The van der Waals surface area contributed by atoms with Crippen molar-refractivity contribution in [1.29, 1.82) is 0 Å². The summed E-state index contributed by atoms with van der Waals surface area (Å²) in [4.78, 5) is 3.78. The van der Waals surface area contributed by atoms with Gasteiger partial charge in [-0.1, -0.05) is 23.7 Å². The Morgan fingerprint density at radius 1 is 1.16 bits per heavy atom. The molecule has 0 atom stereocenters. The van der Waals surface area contributed by atoms with Gasteiger partial charge in [-0.2, -0.15) is 0 Å². The highest BCUT2D eigenvalue weighted by atomic mass is 35.5. The van der Waals surface area contributed by atoms with Crippen LogP contribution in [0.1, 0.15) is 0 Å². The summed E-state index contributed by atoms with van der Waals surface area (Å²) >= 11 is 5.69. The monoisotopic (exact) mass is 288 g/mol. The molecule has 1 N–H and O–H groups in total. The van der Waals surface area contributed by atoms with Gasteiger partial charge in [0.15, 0.2) is 5.75 Å². The Morgan fingerprint density at radius 2 is 1.89 bits per heavy atom. The first-order valence-electron chi connectivity index (χ1n) is 5.17. The van der Waals surface area contributed by atoms with Crippen LogP contribution in [0.3, 0.4) is 0 Å². The topological polar surface area (TPSA) is 34.1 Å². The second kappa shape index (κ2) is 5.36. The lowest BCUT2D eigenvalue weighted by Crippen LogP contribution is -2.17. The molecule has 0 fully saturated rings. The van der Waals surface area contributed by atoms with Gasteiger partial charge in [0, 0.05) is 11.9 Å². The van der Waals surface area contributed by atoms with Crippen LogP contribution in [0.25, 0.3) is 0 Å². The van der Waals surface area contributed by atoms with Gasteiger partial charge < -0.3 is 10.1 Å². The maximum atomic E-state index is 12.2. The molecule has 2 aromatic rings. The van der Waals surface area contributed by atoms with Crippen LogP contribution in [0.5, 0.6) is 5.75 Å². The number of aromatic nitrogens is 1. The van der Waals surface area contributed by atoms with Crippen LogP contribution >= 0.6 is 11.6 Å². The molecule has 0 saturated carbocycles. The maximum Gasteiger partial charge on any atom is 0.573 e. The van der Waals surface area contributed by atoms with E-state index >= 15 is 0 Å². The zero-order chi connectivity index (χ0) is 13.9. The number of nitrogens with zero attached hydrogens (tertiary/aromatic N) is 1. The summed E-state index contributed by atoms with van der Waals surface area (Å²) < 4.78 is 40.7. The zero-order valence-electron chi connectivity index (χ0n) is 9.41. The SMILES string of the molecule is FC(F)(F)Oc1ccccc1Nc1ccnc(Cl)c1. The number of rotatable bonds is 3. The van der Waals surface area contributed by atoms with Crippen LogP contribution in [0.4, 0.5) is 24.5 Å². The van der Waals surface area contributed by atoms with E-state index in [1.807, 2.05) is 0 Å². The fourth-order valence-corrected chi connectivity index (χ4v) is 1.59. The van der Waals surface area contributed by atoms with E-state index in [1.165, 1.54) is 30.5 Å². The first kappa shape index (κ1) is 13.5. The highest BCUT2D eigenvalue weighted by Crippen LogP contribution is 2.32. The summed E-state index contributed by atoms with van der Waals surface area (Å²) in [6.07, 6.45) is -3.30. The second-order valence-corrected chi connectivity index (χ2v) is 3.92. The van der Waals surface area contributed by atoms with Gasteiger partial charge in [-0.25, -0.2) is 4.98 Å². The molecule has 0 bridgehead atoms. The van der Waals surface area contributed by atoms with Crippen molar-refractivity contribution in [1.82, 2.24) is 4.98 Å². The average molecular weight is 289 g/mol. The van der Waals surface area contributed by atoms with Gasteiger partial charge in [0.1, 0.15) is 5.15 Å². The van der Waals surface area contributed by atoms with Gasteiger partial charge in [-0.05, 0) is 24.3 Å². The predicted octanol–water partition coefficient (Wildman–Crippen LogP) is 4.38. The van der Waals surface area contributed by atoms with Crippen LogP contribution in [-0.2, 0) is 0 Å². The molecule has 0 amide bonds. The summed E-state index contributed by atoms with van der Waals surface area (Å²) in [6, 6.07) is 8.80. The van der Waals surface area contributed by atoms with E-state index in [1.54, 1.807) is 12.1 Å². The van der Waals surface area contributed by atoms with Crippen LogP contribution in [0.15, 0.2) is 42.6 Å². The zero-order valence-corrected chi connectivity index (χ0v) is 10.2. The molecule has 2 rings (SSSR count). The third-order valence-corrected chi connectivity index (χ3v) is 2.33. The number of nitrogens with one attached hydrogen (secondary N) is 1. The molecule has 1 aromatic carbocycles. The summed E-state index contributed by atoms with van der Waals surface area (Å²) in [5, 5.41) is 3.02. The molecule has 1 aromatic heterocycles. The Labute approximate surface area is 112 Å². The van der Waals surface area contributed by atoms with Gasteiger partial charge in [0.05, 0.1) is 5.69 Å². The van der Waals surface area contributed by atoms with Gasteiger partial charge >= 0.3 is 6.36 Å². The Balaban J connectivity index is 2.25. The Bertz CT molecular complexity index is 575. The van der Waals surface area contributed by atoms with Crippen molar-refractivity contribution < 1.29 is 17.9 Å². The number of anilines is 2. The molecule has 0 spiro atoms. The van der Waals surface area contributed by atoms with Gasteiger partial charge in [-0.15, -0.1) is 13.2 Å². The number of pyridine rings is 1. The van der Waals surface area contributed by atoms with Crippen molar-refractivity contribution in [2.75, 3.05) is 5.32 Å². The predicted molar refractivity (Wildman–Crippen MR) is 65.7 cm³/mol. The van der Waals surface area contributed by atoms with Crippen molar-refractivity contribution >= 4 is 23.0 Å². The summed E-state index contributed by atoms with van der Waals surface area (Å²) in [5.74, 6) is -0.317. The second-order valence-electron chi connectivity index (χ2n) is 3.54. The van der Waals surface area contributed by atoms with Crippen molar-refractivity contribution in [2.24, 2.45) is 0 Å². The number of halogens is 4. The molecule has 0 saturated heterocycles. The van der Waals surface area contributed by atoms with E-state index in [-0.39, 0.29) is 16.6 Å². The van der Waals surface area contributed by atoms with Crippen molar-refractivity contribution in [3.63, 3.8) is 0 Å². The number of benzene rings is 1. The lowest BCUT2D eigenvalue weighted by Gasteiger charge is -2.14. The molecule has 0 aliphatic carbocycles. The minimum Gasteiger partial charge on any atom is -0.404 e. The smallest absolute Gasteiger partial charge is 0.404 e. The van der Waals surface area contributed by atoms with E-state index in [9.17, 15) is 13.2 Å². The average Bonchev–Trinajstić information content (AvgIpc) is 2.30. The molecule has 0 radical (unpaired) electrons. The van der Waals surface area contributed by atoms with Crippen LogP contribution in [-0.4, -0.2) is 11.3 Å². The fraction of sp³-hybridized carbons (Fsp3) is 0.0833. The standard InChI is InChI=1S/C12H8ClF3N2O/c13-11-7-8(5-6-17-11)18-9-3-1-2-4-10(9)19-12(14,15)16/h1-7H,(H,17,18). The minimum absolute atomic E-state index is 0.182. The third-order valence-electron chi connectivity index (χ3n) is 2.12.